The molecular weight excluding hydrogens is 388 g/mol. The Morgan fingerprint density at radius 2 is 1.81 bits per heavy atom. The van der Waals surface area contributed by atoms with Crippen molar-refractivity contribution in [1.82, 2.24) is 10.3 Å². The summed E-state index contributed by atoms with van der Waals surface area (Å²) in [5.74, 6) is 1.37. The van der Waals surface area contributed by atoms with Gasteiger partial charge < -0.3 is 19.8 Å². The minimum Gasteiger partial charge on any atom is -0.462 e. The van der Waals surface area contributed by atoms with Crippen LogP contribution in [0.4, 0.5) is 0 Å². The zero-order valence-electron chi connectivity index (χ0n) is 17.6. The average Bonchev–Trinajstić information content (AvgIpc) is 3.20. The first-order chi connectivity index (χ1) is 15.2. The molecule has 3 aromatic carbocycles. The number of para-hydroxylation sites is 1. The van der Waals surface area contributed by atoms with Gasteiger partial charge in [0.1, 0.15) is 11.5 Å². The van der Waals surface area contributed by atoms with Crippen molar-refractivity contribution >= 4 is 16.9 Å². The first-order valence-corrected chi connectivity index (χ1v) is 10.5. The van der Waals surface area contributed by atoms with Crippen molar-refractivity contribution in [1.29, 1.82) is 0 Å². The van der Waals surface area contributed by atoms with E-state index in [0.717, 1.165) is 47.5 Å². The summed E-state index contributed by atoms with van der Waals surface area (Å²) in [5.41, 5.74) is 3.94. The van der Waals surface area contributed by atoms with E-state index in [9.17, 15) is 4.79 Å². The van der Waals surface area contributed by atoms with Crippen LogP contribution in [0.3, 0.4) is 0 Å². The topological polar surface area (TPSA) is 63.4 Å². The summed E-state index contributed by atoms with van der Waals surface area (Å²) in [6.45, 7) is 3.76. The SMILES string of the molecule is CCOC(=O)c1ccc2[nH]cc(CCNCc3cccc(Oc4ccccc4)c3)c2c1. The van der Waals surface area contributed by atoms with Crippen molar-refractivity contribution in [3.05, 3.63) is 95.7 Å². The van der Waals surface area contributed by atoms with Crippen molar-refractivity contribution in [2.45, 2.75) is 19.9 Å². The lowest BCUT2D eigenvalue weighted by Gasteiger charge is -2.09. The van der Waals surface area contributed by atoms with Gasteiger partial charge in [-0.2, -0.15) is 0 Å². The van der Waals surface area contributed by atoms with Gasteiger partial charge in [0.25, 0.3) is 0 Å². The van der Waals surface area contributed by atoms with Crippen LogP contribution in [-0.2, 0) is 17.7 Å². The first kappa shape index (κ1) is 20.7. The Kier molecular flexibility index (Phi) is 6.65. The third kappa shape index (κ3) is 5.32. The quantitative estimate of drug-likeness (QED) is 0.282. The van der Waals surface area contributed by atoms with Gasteiger partial charge in [0, 0.05) is 23.6 Å². The molecular formula is C26H26N2O3. The van der Waals surface area contributed by atoms with Crippen LogP contribution in [0.15, 0.2) is 79.0 Å². The lowest BCUT2D eigenvalue weighted by Crippen LogP contribution is -2.16. The van der Waals surface area contributed by atoms with Gasteiger partial charge in [-0.15, -0.1) is 0 Å². The zero-order valence-corrected chi connectivity index (χ0v) is 17.6. The minimum absolute atomic E-state index is 0.285. The standard InChI is InChI=1S/C26H26N2O3/c1-2-30-26(29)20-11-12-25-24(16-20)21(18-28-25)13-14-27-17-19-7-6-10-23(15-19)31-22-8-4-3-5-9-22/h3-12,15-16,18,27-28H,2,13-14,17H2,1H3. The van der Waals surface area contributed by atoms with E-state index in [4.69, 9.17) is 9.47 Å². The molecule has 0 unspecified atom stereocenters. The number of hydrogen-bond acceptors (Lipinski definition) is 4. The number of ether oxygens (including phenoxy) is 2. The highest BCUT2D eigenvalue weighted by Crippen LogP contribution is 2.22. The normalized spacial score (nSPS) is 10.9. The van der Waals surface area contributed by atoms with Crippen LogP contribution in [0.2, 0.25) is 0 Å². The van der Waals surface area contributed by atoms with Gasteiger partial charge in [0.15, 0.2) is 0 Å². The third-order valence-corrected chi connectivity index (χ3v) is 5.06. The molecule has 0 bridgehead atoms. The zero-order chi connectivity index (χ0) is 21.5. The minimum atomic E-state index is -0.285. The Morgan fingerprint density at radius 3 is 2.65 bits per heavy atom. The number of aromatic amines is 1. The van der Waals surface area contributed by atoms with E-state index >= 15 is 0 Å². The molecule has 1 aromatic heterocycles. The highest BCUT2D eigenvalue weighted by Gasteiger charge is 2.10. The van der Waals surface area contributed by atoms with Crippen LogP contribution >= 0.6 is 0 Å². The van der Waals surface area contributed by atoms with E-state index in [1.54, 1.807) is 6.07 Å². The predicted octanol–water partition coefficient (Wildman–Crippen LogP) is 5.47. The van der Waals surface area contributed by atoms with E-state index in [1.807, 2.05) is 67.7 Å². The van der Waals surface area contributed by atoms with Crippen LogP contribution < -0.4 is 10.1 Å². The maximum absolute atomic E-state index is 12.0. The lowest BCUT2D eigenvalue weighted by molar-refractivity contribution is 0.0526. The molecule has 4 rings (SSSR count). The van der Waals surface area contributed by atoms with E-state index in [2.05, 4.69) is 22.4 Å². The molecule has 0 radical (unpaired) electrons. The van der Waals surface area contributed by atoms with Crippen LogP contribution in [0.1, 0.15) is 28.4 Å². The molecule has 0 aliphatic rings. The van der Waals surface area contributed by atoms with Gasteiger partial charge in [-0.05, 0) is 73.5 Å². The van der Waals surface area contributed by atoms with Gasteiger partial charge in [0.05, 0.1) is 12.2 Å². The second-order valence-electron chi connectivity index (χ2n) is 7.28. The van der Waals surface area contributed by atoms with Crippen molar-refractivity contribution in [2.24, 2.45) is 0 Å². The average molecular weight is 415 g/mol. The highest BCUT2D eigenvalue weighted by molar-refractivity contribution is 5.95. The molecule has 0 aliphatic carbocycles. The monoisotopic (exact) mass is 414 g/mol. The molecule has 0 atom stereocenters. The second kappa shape index (κ2) is 9.96. The van der Waals surface area contributed by atoms with Gasteiger partial charge in [-0.3, -0.25) is 0 Å². The van der Waals surface area contributed by atoms with Crippen molar-refractivity contribution < 1.29 is 14.3 Å². The number of fused-ring (bicyclic) bond motifs is 1. The first-order valence-electron chi connectivity index (χ1n) is 10.5. The molecule has 5 heteroatoms. The molecule has 4 aromatic rings. The number of hydrogen-bond donors (Lipinski definition) is 2. The molecule has 0 saturated heterocycles. The van der Waals surface area contributed by atoms with Crippen molar-refractivity contribution in [3.63, 3.8) is 0 Å². The Bertz CT molecular complexity index is 1150. The molecule has 0 aliphatic heterocycles. The summed E-state index contributed by atoms with van der Waals surface area (Å²) in [6.07, 6.45) is 2.86. The molecule has 0 saturated carbocycles. The second-order valence-corrected chi connectivity index (χ2v) is 7.28. The van der Waals surface area contributed by atoms with E-state index in [1.165, 1.54) is 5.56 Å². The van der Waals surface area contributed by atoms with Crippen molar-refractivity contribution in [3.8, 4) is 11.5 Å². The van der Waals surface area contributed by atoms with Crippen LogP contribution in [-0.4, -0.2) is 24.1 Å². The maximum atomic E-state index is 12.0. The fraction of sp³-hybridized carbons (Fsp3) is 0.192. The number of nitrogens with one attached hydrogen (secondary N) is 2. The lowest BCUT2D eigenvalue weighted by atomic mass is 10.1. The van der Waals surface area contributed by atoms with Gasteiger partial charge in [-0.25, -0.2) is 4.79 Å². The predicted molar refractivity (Wildman–Crippen MR) is 123 cm³/mol. The summed E-state index contributed by atoms with van der Waals surface area (Å²) < 4.78 is 11.0. The Morgan fingerprint density at radius 1 is 0.968 bits per heavy atom. The smallest absolute Gasteiger partial charge is 0.338 e. The van der Waals surface area contributed by atoms with Crippen LogP contribution in [0.5, 0.6) is 11.5 Å². The summed E-state index contributed by atoms with van der Waals surface area (Å²) in [5, 5.41) is 4.55. The summed E-state index contributed by atoms with van der Waals surface area (Å²) in [4.78, 5) is 15.3. The Hall–Kier alpha value is -3.57. The van der Waals surface area contributed by atoms with Gasteiger partial charge in [-0.1, -0.05) is 30.3 Å². The van der Waals surface area contributed by atoms with E-state index < -0.39 is 0 Å². The highest BCUT2D eigenvalue weighted by atomic mass is 16.5. The molecule has 0 amide bonds. The maximum Gasteiger partial charge on any atom is 0.338 e. The van der Waals surface area contributed by atoms with Crippen LogP contribution in [0.25, 0.3) is 10.9 Å². The third-order valence-electron chi connectivity index (χ3n) is 5.06. The molecule has 158 valence electrons. The summed E-state index contributed by atoms with van der Waals surface area (Å²) in [6, 6.07) is 23.5. The largest absolute Gasteiger partial charge is 0.462 e. The van der Waals surface area contributed by atoms with E-state index in [0.29, 0.717) is 12.2 Å². The Labute approximate surface area is 182 Å². The fourth-order valence-corrected chi connectivity index (χ4v) is 3.53. The van der Waals surface area contributed by atoms with Gasteiger partial charge in [0.2, 0.25) is 0 Å². The molecule has 1 heterocycles. The summed E-state index contributed by atoms with van der Waals surface area (Å²) >= 11 is 0. The number of carbonyl (C=O) groups excluding carboxylic acids is 1. The van der Waals surface area contributed by atoms with Crippen molar-refractivity contribution in [2.75, 3.05) is 13.2 Å². The number of carbonyl (C=O) groups is 1. The fourth-order valence-electron chi connectivity index (χ4n) is 3.53. The summed E-state index contributed by atoms with van der Waals surface area (Å²) in [7, 11) is 0. The van der Waals surface area contributed by atoms with Crippen LogP contribution in [0, 0.1) is 0 Å². The molecule has 0 fully saturated rings. The molecule has 31 heavy (non-hydrogen) atoms. The van der Waals surface area contributed by atoms with Gasteiger partial charge >= 0.3 is 5.97 Å². The number of rotatable bonds is 9. The number of esters is 1. The van der Waals surface area contributed by atoms with E-state index in [-0.39, 0.29) is 5.97 Å². The number of benzene rings is 3. The number of aromatic nitrogens is 1. The molecule has 0 spiro atoms. The Balaban J connectivity index is 1.34. The number of H-pyrrole nitrogens is 1. The molecule has 5 nitrogen and oxygen atoms in total. The molecule has 2 N–H and O–H groups in total.